The summed E-state index contributed by atoms with van der Waals surface area (Å²) in [5, 5.41) is 25.3. The Morgan fingerprint density at radius 2 is 1.17 bits per heavy atom. The first-order valence-corrected chi connectivity index (χ1v) is 3.18. The molecule has 0 aliphatic carbocycles. The van der Waals surface area contributed by atoms with Gasteiger partial charge in [0.25, 0.3) is 0 Å². The Labute approximate surface area is 117 Å². The average molecular weight is 188 g/mol. The van der Waals surface area contributed by atoms with E-state index >= 15 is 0 Å². The Morgan fingerprint density at radius 1 is 0.917 bits per heavy atom. The fourth-order valence-electron chi connectivity index (χ4n) is 0.643. The molecule has 0 fully saturated rings. The zero-order valence-electron chi connectivity index (χ0n) is 8.13. The molecule has 0 amide bonds. The molecule has 0 bridgehead atoms. The molecule has 0 aromatic carbocycles. The fourth-order valence-corrected chi connectivity index (χ4v) is 0.643. The SMILES string of the molecule is CCC(=N/[O-])/C(CC)=N/[O-].[Na+].[Na+]. The van der Waals surface area contributed by atoms with Gasteiger partial charge in [-0.05, 0) is 12.8 Å². The minimum atomic E-state index is 0. The Bertz CT molecular complexity index is 142. The van der Waals surface area contributed by atoms with Crippen molar-refractivity contribution in [2.75, 3.05) is 0 Å². The van der Waals surface area contributed by atoms with Gasteiger partial charge in [-0.3, -0.25) is 0 Å². The van der Waals surface area contributed by atoms with Crippen molar-refractivity contribution in [3.8, 4) is 0 Å². The summed E-state index contributed by atoms with van der Waals surface area (Å²) in [6.07, 6.45) is 0.941. The van der Waals surface area contributed by atoms with Crippen molar-refractivity contribution in [3.63, 3.8) is 0 Å². The van der Waals surface area contributed by atoms with Crippen LogP contribution in [0.2, 0.25) is 0 Å². The minimum Gasteiger partial charge on any atom is -0.792 e. The Kier molecular flexibility index (Phi) is 18.6. The Balaban J connectivity index is -0.000000405. The van der Waals surface area contributed by atoms with Gasteiger partial charge in [0.2, 0.25) is 0 Å². The van der Waals surface area contributed by atoms with E-state index in [0.29, 0.717) is 12.8 Å². The number of nitrogens with zero attached hydrogens (tertiary/aromatic N) is 2. The van der Waals surface area contributed by atoms with Crippen molar-refractivity contribution in [1.82, 2.24) is 0 Å². The molecule has 0 unspecified atom stereocenters. The van der Waals surface area contributed by atoms with Crippen LogP contribution in [0.4, 0.5) is 0 Å². The van der Waals surface area contributed by atoms with Crippen LogP contribution in [0, 0.1) is 10.4 Å². The molecule has 0 N–H and O–H groups in total. The van der Waals surface area contributed by atoms with Gasteiger partial charge in [-0.15, -0.1) is 0 Å². The first-order valence-electron chi connectivity index (χ1n) is 3.18. The van der Waals surface area contributed by atoms with Crippen LogP contribution in [0.25, 0.3) is 0 Å². The molecule has 6 heteroatoms. The summed E-state index contributed by atoms with van der Waals surface area (Å²) >= 11 is 0. The van der Waals surface area contributed by atoms with Crippen molar-refractivity contribution in [1.29, 1.82) is 0 Å². The summed E-state index contributed by atoms with van der Waals surface area (Å²) < 4.78 is 0. The van der Waals surface area contributed by atoms with Gasteiger partial charge in [0.05, 0.1) is 0 Å². The molecular weight excluding hydrogens is 178 g/mol. The van der Waals surface area contributed by atoms with Crippen LogP contribution in [0.3, 0.4) is 0 Å². The summed E-state index contributed by atoms with van der Waals surface area (Å²) in [7, 11) is 0. The van der Waals surface area contributed by atoms with Gasteiger partial charge in [-0.25, -0.2) is 0 Å². The summed E-state index contributed by atoms with van der Waals surface area (Å²) in [6.45, 7) is 3.52. The van der Waals surface area contributed by atoms with Gasteiger partial charge < -0.3 is 20.7 Å². The minimum absolute atomic E-state index is 0. The number of hydrogen-bond acceptors (Lipinski definition) is 4. The van der Waals surface area contributed by atoms with Crippen molar-refractivity contribution < 1.29 is 59.1 Å². The monoisotopic (exact) mass is 188 g/mol. The van der Waals surface area contributed by atoms with E-state index in [9.17, 15) is 10.4 Å². The third-order valence-corrected chi connectivity index (χ3v) is 1.22. The summed E-state index contributed by atoms with van der Waals surface area (Å²) in [4.78, 5) is 0. The van der Waals surface area contributed by atoms with Crippen LogP contribution in [-0.2, 0) is 0 Å². The van der Waals surface area contributed by atoms with E-state index in [-0.39, 0.29) is 70.5 Å². The van der Waals surface area contributed by atoms with Crippen molar-refractivity contribution in [3.05, 3.63) is 10.4 Å². The molecule has 0 aliphatic heterocycles. The topological polar surface area (TPSA) is 70.8 Å². The molecule has 0 heterocycles. The van der Waals surface area contributed by atoms with Gasteiger partial charge in [-0.2, -0.15) is 0 Å². The predicted molar refractivity (Wildman–Crippen MR) is 42.2 cm³/mol. The molecule has 0 saturated heterocycles. The quantitative estimate of drug-likeness (QED) is 0.255. The molecular formula is C6H10N2Na2O2. The van der Waals surface area contributed by atoms with Crippen LogP contribution in [0.5, 0.6) is 0 Å². The molecule has 0 aromatic rings. The third-order valence-electron chi connectivity index (χ3n) is 1.22. The van der Waals surface area contributed by atoms with Crippen LogP contribution in [0.1, 0.15) is 26.7 Å². The summed E-state index contributed by atoms with van der Waals surface area (Å²) in [5.41, 5.74) is 0.523. The standard InChI is InChI=1S/C6H12N2O2.2Na/c1-3-5(7-9)6(4-2)8-10;;/h9-10H,3-4H2,1-2H3;;/q;2*+1/p-2/b7-5-,8-6+;;. The summed E-state index contributed by atoms with van der Waals surface area (Å²) in [5.74, 6) is 0. The first-order chi connectivity index (χ1) is 4.79. The molecule has 0 radical (unpaired) electrons. The van der Waals surface area contributed by atoms with E-state index in [0.717, 1.165) is 0 Å². The van der Waals surface area contributed by atoms with Crippen LogP contribution in [-0.4, -0.2) is 11.4 Å². The fraction of sp³-hybridized carbons (Fsp3) is 0.667. The maximum Gasteiger partial charge on any atom is 1.00 e. The van der Waals surface area contributed by atoms with Crippen LogP contribution in [0.15, 0.2) is 10.3 Å². The van der Waals surface area contributed by atoms with E-state index in [2.05, 4.69) is 10.3 Å². The molecule has 58 valence electrons. The number of hydrogen-bond donors (Lipinski definition) is 0. The van der Waals surface area contributed by atoms with E-state index in [1.807, 2.05) is 0 Å². The van der Waals surface area contributed by atoms with Crippen molar-refractivity contribution >= 4 is 11.4 Å². The van der Waals surface area contributed by atoms with Crippen molar-refractivity contribution in [2.24, 2.45) is 10.3 Å². The molecule has 0 rings (SSSR count). The smallest absolute Gasteiger partial charge is 0.792 e. The van der Waals surface area contributed by atoms with E-state index < -0.39 is 0 Å². The maximum atomic E-state index is 9.99. The Hall–Kier alpha value is 0.940. The first kappa shape index (κ1) is 18.7. The zero-order chi connectivity index (χ0) is 7.98. The maximum absolute atomic E-state index is 9.99. The van der Waals surface area contributed by atoms with Gasteiger partial charge in [0, 0.05) is 11.4 Å². The van der Waals surface area contributed by atoms with Gasteiger partial charge >= 0.3 is 59.1 Å². The average Bonchev–Trinajstić information content (AvgIpc) is 2.00. The normalized spacial score (nSPS) is 11.5. The second kappa shape index (κ2) is 11.9. The third kappa shape index (κ3) is 6.46. The van der Waals surface area contributed by atoms with Gasteiger partial charge in [0.1, 0.15) is 0 Å². The van der Waals surface area contributed by atoms with Crippen LogP contribution >= 0.6 is 0 Å². The summed E-state index contributed by atoms with van der Waals surface area (Å²) in [6, 6.07) is 0. The zero-order valence-corrected chi connectivity index (χ0v) is 12.1. The molecule has 0 atom stereocenters. The largest absolute Gasteiger partial charge is 1.00 e. The number of rotatable bonds is 3. The van der Waals surface area contributed by atoms with Gasteiger partial charge in [0.15, 0.2) is 0 Å². The van der Waals surface area contributed by atoms with Gasteiger partial charge in [-0.1, -0.05) is 13.8 Å². The van der Waals surface area contributed by atoms with Crippen molar-refractivity contribution in [2.45, 2.75) is 26.7 Å². The second-order valence-corrected chi connectivity index (χ2v) is 1.78. The van der Waals surface area contributed by atoms with E-state index in [1.54, 1.807) is 13.8 Å². The molecule has 0 aromatic heterocycles. The second-order valence-electron chi connectivity index (χ2n) is 1.78. The molecule has 0 spiro atoms. The van der Waals surface area contributed by atoms with E-state index in [1.165, 1.54) is 0 Å². The molecule has 0 saturated carbocycles. The molecule has 0 aliphatic rings. The van der Waals surface area contributed by atoms with E-state index in [4.69, 9.17) is 0 Å². The Morgan fingerprint density at radius 3 is 1.25 bits per heavy atom. The van der Waals surface area contributed by atoms with Crippen LogP contribution < -0.4 is 59.1 Å². The predicted octanol–water partition coefficient (Wildman–Crippen LogP) is -4.31. The molecule has 12 heavy (non-hydrogen) atoms. The molecule has 4 nitrogen and oxygen atoms in total.